The molecule has 4 rings (SSSR count). The van der Waals surface area contributed by atoms with Crippen LogP contribution in [0.4, 0.5) is 5.82 Å². The highest BCUT2D eigenvalue weighted by molar-refractivity contribution is 5.97. The van der Waals surface area contributed by atoms with E-state index in [2.05, 4.69) is 20.3 Å². The molecule has 3 aromatic rings. The lowest BCUT2D eigenvalue weighted by Gasteiger charge is -2.18. The molecule has 0 fully saturated rings. The number of nitrogens with two attached hydrogens (primary N) is 1. The number of hydrogen-bond donors (Lipinski definition) is 3. The number of aromatic nitrogens is 3. The summed E-state index contributed by atoms with van der Waals surface area (Å²) in [6, 6.07) is 7.10. The molecule has 0 radical (unpaired) electrons. The number of nitrogen functional groups attached to an aromatic ring is 1. The molecule has 1 aliphatic rings. The number of fused-ring (bicyclic) bond motifs is 1. The molecular weight excluding hydrogens is 334 g/mol. The van der Waals surface area contributed by atoms with Crippen LogP contribution in [0, 0.1) is 6.92 Å². The fourth-order valence-corrected chi connectivity index (χ4v) is 3.20. The zero-order chi connectivity index (χ0) is 18.3. The second-order valence-corrected chi connectivity index (χ2v) is 6.15. The van der Waals surface area contributed by atoms with Crippen LogP contribution < -0.4 is 11.1 Å². The molecule has 1 aliphatic carbocycles. The van der Waals surface area contributed by atoms with E-state index in [-0.39, 0.29) is 17.4 Å². The van der Waals surface area contributed by atoms with Gasteiger partial charge in [-0.15, -0.1) is 0 Å². The second kappa shape index (κ2) is 6.23. The Morgan fingerprint density at radius 1 is 1.35 bits per heavy atom. The van der Waals surface area contributed by atoms with Gasteiger partial charge in [0.15, 0.2) is 11.5 Å². The fourth-order valence-electron chi connectivity index (χ4n) is 3.20. The molecule has 0 saturated heterocycles. The molecular formula is C18H17N5O3. The molecule has 0 spiro atoms. The first kappa shape index (κ1) is 16.2. The highest BCUT2D eigenvalue weighted by Gasteiger charge is 2.33. The molecule has 0 aliphatic heterocycles. The minimum atomic E-state index is -0.696. The van der Waals surface area contributed by atoms with Crippen molar-refractivity contribution in [3.05, 3.63) is 59.2 Å². The van der Waals surface area contributed by atoms with Crippen molar-refractivity contribution < 1.29 is 14.3 Å². The Morgan fingerprint density at radius 2 is 2.15 bits per heavy atom. The number of hydrogen-bond acceptors (Lipinski definition) is 7. The van der Waals surface area contributed by atoms with Crippen molar-refractivity contribution >= 4 is 11.7 Å². The molecule has 2 aromatic heterocycles. The lowest BCUT2D eigenvalue weighted by Crippen LogP contribution is -2.35. The molecule has 132 valence electrons. The summed E-state index contributed by atoms with van der Waals surface area (Å²) in [5, 5.41) is 13.1. The molecule has 0 unspecified atom stereocenters. The van der Waals surface area contributed by atoms with Crippen LogP contribution in [0.3, 0.4) is 0 Å². The van der Waals surface area contributed by atoms with Crippen molar-refractivity contribution in [1.82, 2.24) is 20.3 Å². The Bertz CT molecular complexity index is 971. The largest absolute Gasteiger partial charge is 0.443 e. The average molecular weight is 351 g/mol. The van der Waals surface area contributed by atoms with Crippen molar-refractivity contribution in [3.8, 4) is 11.6 Å². The van der Waals surface area contributed by atoms with E-state index in [9.17, 15) is 9.90 Å². The Kier molecular flexibility index (Phi) is 3.89. The highest BCUT2D eigenvalue weighted by Crippen LogP contribution is 2.31. The van der Waals surface area contributed by atoms with Crippen molar-refractivity contribution in [3.63, 3.8) is 0 Å². The minimum absolute atomic E-state index is 0.00869. The van der Waals surface area contributed by atoms with Gasteiger partial charge >= 0.3 is 0 Å². The van der Waals surface area contributed by atoms with Gasteiger partial charge in [0.25, 0.3) is 5.91 Å². The highest BCUT2D eigenvalue weighted by atomic mass is 16.3. The molecule has 0 bridgehead atoms. The van der Waals surface area contributed by atoms with Gasteiger partial charge in [-0.3, -0.25) is 4.79 Å². The van der Waals surface area contributed by atoms with Crippen molar-refractivity contribution in [2.75, 3.05) is 5.73 Å². The smallest absolute Gasteiger partial charge is 0.274 e. The fraction of sp³-hybridized carbons (Fsp3) is 0.222. The molecule has 8 nitrogen and oxygen atoms in total. The summed E-state index contributed by atoms with van der Waals surface area (Å²) < 4.78 is 5.21. The SMILES string of the molecule is Cc1nc(C(=O)N[C@H]2c3ccccc3C[C@@H]2O)c(N)nc1-c1ncco1. The van der Waals surface area contributed by atoms with Gasteiger partial charge in [-0.25, -0.2) is 15.0 Å². The third kappa shape index (κ3) is 2.70. The average Bonchev–Trinajstić information content (AvgIpc) is 3.25. The summed E-state index contributed by atoms with van der Waals surface area (Å²) >= 11 is 0. The van der Waals surface area contributed by atoms with E-state index in [0.717, 1.165) is 11.1 Å². The van der Waals surface area contributed by atoms with E-state index in [4.69, 9.17) is 10.2 Å². The number of carbonyl (C=O) groups excluding carboxylic acids is 1. The number of rotatable bonds is 3. The van der Waals surface area contributed by atoms with E-state index in [1.54, 1.807) is 6.92 Å². The first-order valence-corrected chi connectivity index (χ1v) is 8.15. The van der Waals surface area contributed by atoms with E-state index >= 15 is 0 Å². The third-order valence-corrected chi connectivity index (χ3v) is 4.44. The Balaban J connectivity index is 1.62. The predicted octanol–water partition coefficient (Wildman–Crippen LogP) is 1.41. The van der Waals surface area contributed by atoms with Crippen LogP contribution in [-0.4, -0.2) is 32.1 Å². The molecule has 2 heterocycles. The molecule has 2 atom stereocenters. The molecule has 0 saturated carbocycles. The molecule has 8 heteroatoms. The number of aryl methyl sites for hydroxylation is 1. The zero-order valence-electron chi connectivity index (χ0n) is 14.0. The van der Waals surface area contributed by atoms with E-state index in [1.807, 2.05) is 24.3 Å². The standard InChI is InChI=1S/C18H17N5O3/c1-9-13(18-20-6-7-26-18)22-16(19)15(21-9)17(25)23-14-11-5-3-2-4-10(11)8-12(14)24/h2-7,12,14,24H,8H2,1H3,(H2,19,22)(H,23,25)/t12-,14-/m0/s1. The van der Waals surface area contributed by atoms with Gasteiger partial charge in [0.1, 0.15) is 12.0 Å². The van der Waals surface area contributed by atoms with Crippen LogP contribution in [0.25, 0.3) is 11.6 Å². The number of aliphatic hydroxyl groups excluding tert-OH is 1. The number of benzene rings is 1. The Labute approximate surface area is 149 Å². The first-order chi connectivity index (χ1) is 12.5. The van der Waals surface area contributed by atoms with Crippen molar-refractivity contribution in [2.24, 2.45) is 0 Å². The van der Waals surface area contributed by atoms with Gasteiger partial charge in [0.2, 0.25) is 5.89 Å². The number of aliphatic hydroxyl groups is 1. The molecule has 1 amide bonds. The summed E-state index contributed by atoms with van der Waals surface area (Å²) in [5.41, 5.74) is 8.71. The van der Waals surface area contributed by atoms with Gasteiger partial charge in [-0.2, -0.15) is 0 Å². The molecule has 4 N–H and O–H groups in total. The van der Waals surface area contributed by atoms with Crippen molar-refractivity contribution in [2.45, 2.75) is 25.5 Å². The van der Waals surface area contributed by atoms with Gasteiger partial charge in [-0.05, 0) is 18.1 Å². The number of oxazole rings is 1. The Morgan fingerprint density at radius 3 is 2.92 bits per heavy atom. The molecule has 26 heavy (non-hydrogen) atoms. The second-order valence-electron chi connectivity index (χ2n) is 6.15. The minimum Gasteiger partial charge on any atom is -0.443 e. The van der Waals surface area contributed by atoms with Gasteiger partial charge < -0.3 is 20.6 Å². The van der Waals surface area contributed by atoms with Crippen LogP contribution in [-0.2, 0) is 6.42 Å². The zero-order valence-corrected chi connectivity index (χ0v) is 14.0. The third-order valence-electron chi connectivity index (χ3n) is 4.44. The lowest BCUT2D eigenvalue weighted by atomic mass is 10.1. The van der Waals surface area contributed by atoms with Crippen LogP contribution in [0.1, 0.15) is 33.4 Å². The van der Waals surface area contributed by atoms with E-state index < -0.39 is 18.1 Å². The van der Waals surface area contributed by atoms with Crippen LogP contribution in [0.15, 0.2) is 41.1 Å². The summed E-state index contributed by atoms with van der Waals surface area (Å²) in [6.45, 7) is 1.70. The lowest BCUT2D eigenvalue weighted by molar-refractivity contribution is 0.0854. The topological polar surface area (TPSA) is 127 Å². The summed E-state index contributed by atoms with van der Waals surface area (Å²) in [4.78, 5) is 25.2. The molecule has 1 aromatic carbocycles. The number of nitrogens with zero attached hydrogens (tertiary/aromatic N) is 3. The Hall–Kier alpha value is -3.26. The number of carbonyl (C=O) groups is 1. The van der Waals surface area contributed by atoms with Crippen LogP contribution in [0.5, 0.6) is 0 Å². The maximum Gasteiger partial charge on any atom is 0.274 e. The van der Waals surface area contributed by atoms with Crippen molar-refractivity contribution in [1.29, 1.82) is 0 Å². The first-order valence-electron chi connectivity index (χ1n) is 8.15. The van der Waals surface area contributed by atoms with E-state index in [0.29, 0.717) is 17.8 Å². The van der Waals surface area contributed by atoms with Crippen LogP contribution in [0.2, 0.25) is 0 Å². The monoisotopic (exact) mass is 351 g/mol. The number of nitrogens with one attached hydrogen (secondary N) is 1. The summed E-state index contributed by atoms with van der Waals surface area (Å²) in [5.74, 6) is -0.228. The summed E-state index contributed by atoms with van der Waals surface area (Å²) in [6.07, 6.45) is 2.71. The van der Waals surface area contributed by atoms with Gasteiger partial charge in [0, 0.05) is 6.42 Å². The quantitative estimate of drug-likeness (QED) is 0.651. The van der Waals surface area contributed by atoms with Crippen LogP contribution >= 0.6 is 0 Å². The normalized spacial score (nSPS) is 18.5. The predicted molar refractivity (Wildman–Crippen MR) is 93.0 cm³/mol. The summed E-state index contributed by atoms with van der Waals surface area (Å²) in [7, 11) is 0. The maximum atomic E-state index is 12.7. The number of anilines is 1. The van der Waals surface area contributed by atoms with E-state index in [1.165, 1.54) is 12.5 Å². The van der Waals surface area contributed by atoms with Gasteiger partial charge in [-0.1, -0.05) is 24.3 Å². The number of amides is 1. The maximum absolute atomic E-state index is 12.7. The van der Waals surface area contributed by atoms with Gasteiger partial charge in [0.05, 0.1) is 24.0 Å².